The molecule has 0 saturated heterocycles. The van der Waals surface area contributed by atoms with E-state index in [1.807, 2.05) is 27.7 Å². The lowest BCUT2D eigenvalue weighted by Crippen LogP contribution is -2.61. The Kier molecular flexibility index (Phi) is 32.2. The maximum Gasteiger partial charge on any atom is 0.326 e. The van der Waals surface area contributed by atoms with Crippen molar-refractivity contribution in [2.75, 3.05) is 18.8 Å². The fourth-order valence-electron chi connectivity index (χ4n) is 7.38. The lowest BCUT2D eigenvalue weighted by Gasteiger charge is -2.29. The molecule has 0 rings (SSSR count). The van der Waals surface area contributed by atoms with Gasteiger partial charge in [-0.1, -0.05) is 75.7 Å². The molecule has 11 atom stereocenters. The number of hydrogen-bond donors (Lipinski definition) is 15. The van der Waals surface area contributed by atoms with Gasteiger partial charge < -0.3 is 75.3 Å². The summed E-state index contributed by atoms with van der Waals surface area (Å²) in [6.07, 6.45) is -0.384. The van der Waals surface area contributed by atoms with Crippen LogP contribution in [0.1, 0.15) is 128 Å². The lowest BCUT2D eigenvalue weighted by molar-refractivity contribution is -0.143. The van der Waals surface area contributed by atoms with Crippen molar-refractivity contribution < 1.29 is 63.0 Å². The second-order valence-electron chi connectivity index (χ2n) is 20.4. The molecule has 26 heteroatoms. The number of thiol groups is 1. The quantitative estimate of drug-likeness (QED) is 0.0229. The van der Waals surface area contributed by atoms with E-state index in [1.54, 1.807) is 41.5 Å². The molecule has 10 amide bonds. The van der Waals surface area contributed by atoms with Crippen LogP contribution in [0.25, 0.3) is 0 Å². The molecule has 0 aromatic carbocycles. The Labute approximate surface area is 440 Å². The first-order valence-corrected chi connectivity index (χ1v) is 26.0. The van der Waals surface area contributed by atoms with Gasteiger partial charge in [0.2, 0.25) is 59.1 Å². The van der Waals surface area contributed by atoms with Crippen LogP contribution in [-0.4, -0.2) is 155 Å². The third-order valence-electron chi connectivity index (χ3n) is 11.7. The number of aliphatic hydroxyl groups is 1. The number of carbonyl (C=O) groups is 11. The van der Waals surface area contributed by atoms with Crippen LogP contribution in [0.5, 0.6) is 0 Å². The molecule has 0 fully saturated rings. The van der Waals surface area contributed by atoms with Crippen LogP contribution in [0.4, 0.5) is 0 Å². The average molecular weight is 1070 g/mol. The standard InChI is InChI=1S/C48H88N12O13S/c1-12-27(10)38(46(70)56-33(20-35(51)62)44(68)58-37(26(8)9)48(72)73)59-45(69)34(22-74)57-42(66)30(15-13-14-16-49)53-36(63)21-52-41(65)31(18-24(4)5)55-47(71)39(28(11)61)60-43(67)32(19-25(6)7)54-40(64)29(50)17-23(2)3/h23-34,37-39,61,74H,12-22,49-50H2,1-11H3,(H2,51,62)(H,52,65)(H,53,63)(H,54,64)(H,55,71)(H,56,70)(H,57,66)(H,58,68)(H,59,69)(H,60,67)(H,72,73)/t27-,28+,29-,30-,31-,32-,33-,34-,37-,38-,39-/m0/s1. The summed E-state index contributed by atoms with van der Waals surface area (Å²) in [6, 6.07) is -11.8. The van der Waals surface area contributed by atoms with Gasteiger partial charge in [-0.2, -0.15) is 12.6 Å². The molecule has 0 aliphatic rings. The zero-order chi connectivity index (χ0) is 57.2. The molecule has 0 aromatic heterocycles. The number of carbonyl (C=O) groups excluding carboxylic acids is 10. The van der Waals surface area contributed by atoms with Gasteiger partial charge >= 0.3 is 5.97 Å². The van der Waals surface area contributed by atoms with Crippen molar-refractivity contribution in [3.63, 3.8) is 0 Å². The fraction of sp³-hybridized carbons (Fsp3) is 0.771. The maximum absolute atomic E-state index is 13.8. The number of aliphatic carboxylic acids is 1. The third-order valence-corrected chi connectivity index (χ3v) is 12.1. The molecule has 0 radical (unpaired) electrons. The van der Waals surface area contributed by atoms with Crippen molar-refractivity contribution in [2.24, 2.45) is 46.8 Å². The molecule has 17 N–H and O–H groups in total. The van der Waals surface area contributed by atoms with Gasteiger partial charge in [0.15, 0.2) is 0 Å². The van der Waals surface area contributed by atoms with E-state index in [1.165, 1.54) is 6.92 Å². The Morgan fingerprint density at radius 3 is 1.45 bits per heavy atom. The van der Waals surface area contributed by atoms with Crippen LogP contribution < -0.4 is 65.1 Å². The van der Waals surface area contributed by atoms with Crippen LogP contribution in [0.15, 0.2) is 0 Å². The molecule has 0 aliphatic heterocycles. The molecule has 0 spiro atoms. The van der Waals surface area contributed by atoms with E-state index in [2.05, 4.69) is 60.5 Å². The number of aliphatic hydroxyl groups excluding tert-OH is 1. The third kappa shape index (κ3) is 26.1. The molecule has 0 aromatic rings. The van der Waals surface area contributed by atoms with Crippen LogP contribution in [0.2, 0.25) is 0 Å². The van der Waals surface area contributed by atoms with E-state index < -0.39 is 150 Å². The summed E-state index contributed by atoms with van der Waals surface area (Å²) >= 11 is 4.23. The summed E-state index contributed by atoms with van der Waals surface area (Å²) in [5, 5.41) is 42.6. The SMILES string of the molecule is CC[C@H](C)[C@H](NC(=O)[C@H](CS)NC(=O)[C@H](CCCCN)NC(=O)CNC(=O)[C@H](CC(C)C)NC(=O)[C@@H](NC(=O)[C@H](CC(C)C)NC(=O)[C@@H](N)CC(C)C)[C@@H](C)O)C(=O)N[C@@H](CC(N)=O)C(=O)N[C@H](C(=O)O)C(C)C. The van der Waals surface area contributed by atoms with Crippen molar-refractivity contribution in [3.05, 3.63) is 0 Å². The van der Waals surface area contributed by atoms with E-state index >= 15 is 0 Å². The zero-order valence-electron chi connectivity index (χ0n) is 45.0. The Hall–Kier alpha value is -5.60. The smallest absolute Gasteiger partial charge is 0.326 e. The molecular formula is C48H88N12O13S. The van der Waals surface area contributed by atoms with E-state index in [4.69, 9.17) is 17.2 Å². The number of hydrogen-bond acceptors (Lipinski definition) is 15. The van der Waals surface area contributed by atoms with Crippen molar-refractivity contribution in [2.45, 2.75) is 188 Å². The maximum atomic E-state index is 13.8. The summed E-state index contributed by atoms with van der Waals surface area (Å²) in [5.74, 6) is -11.4. The van der Waals surface area contributed by atoms with E-state index in [-0.39, 0.29) is 49.3 Å². The minimum atomic E-state index is -1.61. The largest absolute Gasteiger partial charge is 0.480 e. The fourth-order valence-corrected chi connectivity index (χ4v) is 7.64. The number of nitrogens with one attached hydrogen (secondary N) is 9. The first-order valence-electron chi connectivity index (χ1n) is 25.4. The number of carboxylic acids is 1. The number of rotatable bonds is 36. The van der Waals surface area contributed by atoms with Gasteiger partial charge in [-0.05, 0) is 81.6 Å². The van der Waals surface area contributed by atoms with E-state index in [0.717, 1.165) is 0 Å². The molecule has 74 heavy (non-hydrogen) atoms. The summed E-state index contributed by atoms with van der Waals surface area (Å²) in [7, 11) is 0. The minimum absolute atomic E-state index is 0.0370. The summed E-state index contributed by atoms with van der Waals surface area (Å²) in [6.45, 7) is 18.3. The molecular weight excluding hydrogens is 985 g/mol. The molecule has 25 nitrogen and oxygen atoms in total. The first-order chi connectivity index (χ1) is 34.4. The lowest BCUT2D eigenvalue weighted by atomic mass is 9.97. The number of primary amides is 1. The number of carboxylic acid groups (broad SMARTS) is 1. The zero-order valence-corrected chi connectivity index (χ0v) is 45.9. The number of amides is 10. The topological polar surface area (TPSA) is 415 Å². The number of unbranched alkanes of at least 4 members (excludes halogenated alkanes) is 1. The summed E-state index contributed by atoms with van der Waals surface area (Å²) in [5.41, 5.74) is 17.1. The first kappa shape index (κ1) is 68.4. The Morgan fingerprint density at radius 2 is 0.973 bits per heavy atom. The second kappa shape index (κ2) is 34.8. The molecule has 0 heterocycles. The van der Waals surface area contributed by atoms with Crippen molar-refractivity contribution in [1.82, 2.24) is 47.9 Å². The van der Waals surface area contributed by atoms with Crippen molar-refractivity contribution in [1.29, 1.82) is 0 Å². The Morgan fingerprint density at radius 1 is 0.527 bits per heavy atom. The average Bonchev–Trinajstić information content (AvgIpc) is 3.29. The van der Waals surface area contributed by atoms with Gasteiger partial charge in [0, 0.05) is 5.75 Å². The van der Waals surface area contributed by atoms with E-state index in [9.17, 15) is 63.0 Å². The minimum Gasteiger partial charge on any atom is -0.480 e. The highest BCUT2D eigenvalue weighted by molar-refractivity contribution is 7.80. The normalized spacial score (nSPS) is 15.9. The highest BCUT2D eigenvalue weighted by Gasteiger charge is 2.37. The van der Waals surface area contributed by atoms with Gasteiger partial charge in [0.25, 0.3) is 0 Å². The molecule has 0 bridgehead atoms. The van der Waals surface area contributed by atoms with Crippen LogP contribution >= 0.6 is 12.6 Å². The van der Waals surface area contributed by atoms with Crippen LogP contribution in [0.3, 0.4) is 0 Å². The molecule has 0 saturated carbocycles. The van der Waals surface area contributed by atoms with Gasteiger partial charge in [-0.25, -0.2) is 4.79 Å². The highest BCUT2D eigenvalue weighted by Crippen LogP contribution is 2.13. The van der Waals surface area contributed by atoms with Crippen LogP contribution in [0, 0.1) is 29.6 Å². The molecule has 0 unspecified atom stereocenters. The molecule has 424 valence electrons. The molecule has 0 aliphatic carbocycles. The van der Waals surface area contributed by atoms with Gasteiger partial charge in [-0.15, -0.1) is 0 Å². The van der Waals surface area contributed by atoms with Gasteiger partial charge in [0.05, 0.1) is 25.1 Å². The van der Waals surface area contributed by atoms with Crippen LogP contribution in [-0.2, 0) is 52.7 Å². The van der Waals surface area contributed by atoms with Gasteiger partial charge in [-0.3, -0.25) is 47.9 Å². The Bertz CT molecular complexity index is 1890. The van der Waals surface area contributed by atoms with Gasteiger partial charge in [0.1, 0.15) is 48.3 Å². The predicted octanol–water partition coefficient (Wildman–Crippen LogP) is -2.45. The highest BCUT2D eigenvalue weighted by atomic mass is 32.1. The van der Waals surface area contributed by atoms with E-state index in [0.29, 0.717) is 25.7 Å². The second-order valence-corrected chi connectivity index (χ2v) is 20.7. The van der Waals surface area contributed by atoms with Crippen molar-refractivity contribution in [3.8, 4) is 0 Å². The number of nitrogens with two attached hydrogens (primary N) is 3. The monoisotopic (exact) mass is 1070 g/mol. The predicted molar refractivity (Wildman–Crippen MR) is 279 cm³/mol. The summed E-state index contributed by atoms with van der Waals surface area (Å²) in [4.78, 5) is 145. The van der Waals surface area contributed by atoms with Crippen molar-refractivity contribution >= 4 is 77.7 Å². The Balaban J connectivity index is 6.22. The summed E-state index contributed by atoms with van der Waals surface area (Å²) < 4.78 is 0.